The molecule has 0 spiro atoms. The SMILES string of the molecule is Cc1cc(C(F)(F)F)c2ccc3cc(C4=CCOCC4)[nH]c3c2n1. The molecule has 0 saturated heterocycles. The number of fused-ring (bicyclic) bond motifs is 3. The molecule has 3 heterocycles. The Hall–Kier alpha value is -2.34. The lowest BCUT2D eigenvalue weighted by atomic mass is 10.0. The molecule has 0 saturated carbocycles. The van der Waals surface area contributed by atoms with E-state index in [0.29, 0.717) is 29.9 Å². The van der Waals surface area contributed by atoms with E-state index in [-0.39, 0.29) is 5.39 Å². The lowest BCUT2D eigenvalue weighted by Crippen LogP contribution is -2.07. The van der Waals surface area contributed by atoms with Gasteiger partial charge in [-0.25, -0.2) is 0 Å². The van der Waals surface area contributed by atoms with E-state index in [1.165, 1.54) is 6.07 Å². The van der Waals surface area contributed by atoms with Crippen LogP contribution in [-0.4, -0.2) is 23.2 Å². The second kappa shape index (κ2) is 5.34. The normalized spacial score (nSPS) is 15.9. The highest BCUT2D eigenvalue weighted by Gasteiger charge is 2.33. The van der Waals surface area contributed by atoms with Crippen molar-refractivity contribution in [3.8, 4) is 0 Å². The Bertz CT molecular complexity index is 970. The molecule has 124 valence electrons. The number of ether oxygens (including phenoxy) is 1. The van der Waals surface area contributed by atoms with Gasteiger partial charge in [-0.1, -0.05) is 18.2 Å². The first-order chi connectivity index (χ1) is 11.4. The van der Waals surface area contributed by atoms with Crippen molar-refractivity contribution in [3.63, 3.8) is 0 Å². The lowest BCUT2D eigenvalue weighted by molar-refractivity contribution is -0.136. The van der Waals surface area contributed by atoms with Crippen LogP contribution in [0.25, 0.3) is 27.4 Å². The molecule has 0 aliphatic carbocycles. The summed E-state index contributed by atoms with van der Waals surface area (Å²) in [6, 6.07) is 6.27. The van der Waals surface area contributed by atoms with E-state index in [2.05, 4.69) is 9.97 Å². The summed E-state index contributed by atoms with van der Waals surface area (Å²) < 4.78 is 45.3. The predicted octanol–water partition coefficient (Wildman–Crippen LogP) is 4.85. The maximum atomic E-state index is 13.3. The highest BCUT2D eigenvalue weighted by atomic mass is 19.4. The van der Waals surface area contributed by atoms with Gasteiger partial charge < -0.3 is 9.72 Å². The van der Waals surface area contributed by atoms with Gasteiger partial charge in [0.15, 0.2) is 0 Å². The van der Waals surface area contributed by atoms with Crippen molar-refractivity contribution in [2.75, 3.05) is 13.2 Å². The first-order valence-electron chi connectivity index (χ1n) is 7.71. The van der Waals surface area contributed by atoms with Gasteiger partial charge in [-0.3, -0.25) is 4.98 Å². The fourth-order valence-corrected chi connectivity index (χ4v) is 3.19. The largest absolute Gasteiger partial charge is 0.417 e. The molecule has 0 atom stereocenters. The summed E-state index contributed by atoms with van der Waals surface area (Å²) in [5.41, 5.74) is 2.74. The standard InChI is InChI=1S/C18H15F3N2O/c1-10-8-14(18(19,20)21)13-3-2-12-9-15(11-4-6-24-7-5-11)23-16(12)17(13)22-10/h2-4,8-9,23H,5-7H2,1H3. The van der Waals surface area contributed by atoms with Crippen LogP contribution in [0.15, 0.2) is 30.3 Å². The van der Waals surface area contributed by atoms with E-state index < -0.39 is 11.7 Å². The van der Waals surface area contributed by atoms with Crippen LogP contribution in [0.5, 0.6) is 0 Å². The number of aryl methyl sites for hydroxylation is 1. The molecule has 1 aliphatic rings. The Morgan fingerprint density at radius 3 is 2.75 bits per heavy atom. The smallest absolute Gasteiger partial charge is 0.377 e. The van der Waals surface area contributed by atoms with Gasteiger partial charge in [0, 0.05) is 22.2 Å². The second-order valence-electron chi connectivity index (χ2n) is 5.97. The molecule has 1 N–H and O–H groups in total. The van der Waals surface area contributed by atoms with Crippen molar-refractivity contribution in [3.05, 3.63) is 47.3 Å². The molecule has 6 heteroatoms. The Morgan fingerprint density at radius 2 is 2.04 bits per heavy atom. The summed E-state index contributed by atoms with van der Waals surface area (Å²) in [4.78, 5) is 7.62. The van der Waals surface area contributed by atoms with Crippen LogP contribution in [0.3, 0.4) is 0 Å². The zero-order valence-electron chi connectivity index (χ0n) is 13.0. The third-order valence-corrected chi connectivity index (χ3v) is 4.32. The highest BCUT2D eigenvalue weighted by molar-refractivity contribution is 6.05. The molecule has 0 bridgehead atoms. The van der Waals surface area contributed by atoms with E-state index >= 15 is 0 Å². The molecule has 0 amide bonds. The Balaban J connectivity index is 1.99. The molecule has 4 rings (SSSR count). The number of pyridine rings is 1. The molecule has 3 aromatic rings. The number of hydrogen-bond donors (Lipinski definition) is 1. The number of aromatic amines is 1. The number of halogens is 3. The van der Waals surface area contributed by atoms with Crippen LogP contribution in [0.4, 0.5) is 13.2 Å². The van der Waals surface area contributed by atoms with Gasteiger partial charge in [0.1, 0.15) is 0 Å². The average Bonchev–Trinajstić information content (AvgIpc) is 2.99. The number of hydrogen-bond acceptors (Lipinski definition) is 2. The fourth-order valence-electron chi connectivity index (χ4n) is 3.19. The number of nitrogens with zero attached hydrogens (tertiary/aromatic N) is 1. The van der Waals surface area contributed by atoms with Crippen molar-refractivity contribution >= 4 is 27.4 Å². The zero-order chi connectivity index (χ0) is 16.9. The van der Waals surface area contributed by atoms with Gasteiger partial charge in [0.25, 0.3) is 0 Å². The lowest BCUT2D eigenvalue weighted by Gasteiger charge is -2.12. The van der Waals surface area contributed by atoms with Crippen LogP contribution >= 0.6 is 0 Å². The number of benzene rings is 1. The van der Waals surface area contributed by atoms with E-state index in [1.807, 2.05) is 12.1 Å². The number of H-pyrrole nitrogens is 1. The fraction of sp³-hybridized carbons (Fsp3) is 0.278. The minimum absolute atomic E-state index is 0.120. The van der Waals surface area contributed by atoms with Crippen LogP contribution in [0.2, 0.25) is 0 Å². The van der Waals surface area contributed by atoms with Crippen LogP contribution in [0.1, 0.15) is 23.4 Å². The molecule has 0 unspecified atom stereocenters. The van der Waals surface area contributed by atoms with E-state index in [0.717, 1.165) is 29.1 Å². The zero-order valence-corrected chi connectivity index (χ0v) is 13.0. The van der Waals surface area contributed by atoms with E-state index in [4.69, 9.17) is 4.74 Å². The number of nitrogens with one attached hydrogen (secondary N) is 1. The van der Waals surface area contributed by atoms with Crippen LogP contribution in [0, 0.1) is 6.92 Å². The maximum absolute atomic E-state index is 13.3. The minimum Gasteiger partial charge on any atom is -0.377 e. The predicted molar refractivity (Wildman–Crippen MR) is 86.8 cm³/mol. The molecular formula is C18H15F3N2O. The molecule has 1 aromatic carbocycles. The highest BCUT2D eigenvalue weighted by Crippen LogP contribution is 2.37. The molecule has 1 aliphatic heterocycles. The number of rotatable bonds is 1. The molecule has 2 aromatic heterocycles. The van der Waals surface area contributed by atoms with Crippen molar-refractivity contribution < 1.29 is 17.9 Å². The van der Waals surface area contributed by atoms with Gasteiger partial charge in [0.05, 0.1) is 29.8 Å². The second-order valence-corrected chi connectivity index (χ2v) is 5.97. The average molecular weight is 332 g/mol. The summed E-state index contributed by atoms with van der Waals surface area (Å²) in [5.74, 6) is 0. The van der Waals surface area contributed by atoms with Gasteiger partial charge in [-0.15, -0.1) is 0 Å². The molecular weight excluding hydrogens is 317 g/mol. The van der Waals surface area contributed by atoms with Gasteiger partial charge in [-0.05, 0) is 31.1 Å². The maximum Gasteiger partial charge on any atom is 0.417 e. The first-order valence-corrected chi connectivity index (χ1v) is 7.71. The summed E-state index contributed by atoms with van der Waals surface area (Å²) in [7, 11) is 0. The molecule has 24 heavy (non-hydrogen) atoms. The van der Waals surface area contributed by atoms with E-state index in [1.54, 1.807) is 13.0 Å². The molecule has 0 fully saturated rings. The van der Waals surface area contributed by atoms with Gasteiger partial charge in [-0.2, -0.15) is 13.2 Å². The third-order valence-electron chi connectivity index (χ3n) is 4.32. The summed E-state index contributed by atoms with van der Waals surface area (Å²) in [5, 5.41) is 0.978. The Morgan fingerprint density at radius 1 is 1.21 bits per heavy atom. The molecule has 0 radical (unpaired) electrons. The summed E-state index contributed by atoms with van der Waals surface area (Å²) >= 11 is 0. The van der Waals surface area contributed by atoms with Crippen molar-refractivity contribution in [1.29, 1.82) is 0 Å². The number of aromatic nitrogens is 2. The Labute approximate surface area is 136 Å². The Kier molecular flexibility index (Phi) is 3.38. The summed E-state index contributed by atoms with van der Waals surface area (Å²) in [6.45, 7) is 2.79. The third kappa shape index (κ3) is 2.47. The van der Waals surface area contributed by atoms with Gasteiger partial charge >= 0.3 is 6.18 Å². The molecule has 3 nitrogen and oxygen atoms in total. The van der Waals surface area contributed by atoms with E-state index in [9.17, 15) is 13.2 Å². The van der Waals surface area contributed by atoms with Crippen LogP contribution < -0.4 is 0 Å². The first kappa shape index (κ1) is 15.2. The van der Waals surface area contributed by atoms with Crippen molar-refractivity contribution in [2.24, 2.45) is 0 Å². The number of alkyl halides is 3. The summed E-state index contributed by atoms with van der Waals surface area (Å²) in [6.07, 6.45) is -1.63. The van der Waals surface area contributed by atoms with Crippen molar-refractivity contribution in [2.45, 2.75) is 19.5 Å². The quantitative estimate of drug-likeness (QED) is 0.692. The van der Waals surface area contributed by atoms with Gasteiger partial charge in [0.2, 0.25) is 0 Å². The topological polar surface area (TPSA) is 37.9 Å². The van der Waals surface area contributed by atoms with Crippen LogP contribution in [-0.2, 0) is 10.9 Å². The minimum atomic E-state index is -4.40. The van der Waals surface area contributed by atoms with Crippen molar-refractivity contribution in [1.82, 2.24) is 9.97 Å². The monoisotopic (exact) mass is 332 g/mol.